The minimum Gasteiger partial charge on any atom is -0.491 e. The fraction of sp³-hybridized carbons (Fsp3) is 0.294. The van der Waals surface area contributed by atoms with Crippen LogP contribution >= 0.6 is 0 Å². The van der Waals surface area contributed by atoms with Crippen LogP contribution in [-0.2, 0) is 6.54 Å². The minimum absolute atomic E-state index is 0.272. The molecule has 0 aliphatic carbocycles. The number of nitrogens with one attached hydrogen (secondary N) is 1. The molecule has 0 saturated carbocycles. The molecule has 0 amide bonds. The first kappa shape index (κ1) is 13.5. The zero-order chi connectivity index (χ0) is 13.5. The van der Waals surface area contributed by atoms with Gasteiger partial charge in [-0.1, -0.05) is 37.3 Å². The van der Waals surface area contributed by atoms with Gasteiger partial charge in [0.05, 0.1) is 6.10 Å². The molecule has 0 aromatic heterocycles. The van der Waals surface area contributed by atoms with Gasteiger partial charge >= 0.3 is 0 Å². The first-order valence-electron chi connectivity index (χ1n) is 6.82. The Labute approximate surface area is 115 Å². The van der Waals surface area contributed by atoms with Gasteiger partial charge in [-0.25, -0.2) is 0 Å². The molecule has 19 heavy (non-hydrogen) atoms. The monoisotopic (exact) mass is 255 g/mol. The largest absolute Gasteiger partial charge is 0.491 e. The van der Waals surface area contributed by atoms with E-state index in [1.54, 1.807) is 0 Å². The normalized spacial score (nSPS) is 11.9. The van der Waals surface area contributed by atoms with Crippen LogP contribution in [0, 0.1) is 0 Å². The molecule has 2 aromatic rings. The number of anilines is 1. The highest BCUT2D eigenvalue weighted by Crippen LogP contribution is 2.16. The highest BCUT2D eigenvalue weighted by atomic mass is 16.5. The summed E-state index contributed by atoms with van der Waals surface area (Å²) in [7, 11) is 0. The molecule has 0 spiro atoms. The van der Waals surface area contributed by atoms with Gasteiger partial charge in [-0.3, -0.25) is 0 Å². The topological polar surface area (TPSA) is 21.3 Å². The van der Waals surface area contributed by atoms with Crippen molar-refractivity contribution in [2.24, 2.45) is 0 Å². The third-order valence-electron chi connectivity index (χ3n) is 3.11. The molecule has 1 atom stereocenters. The zero-order valence-corrected chi connectivity index (χ0v) is 11.6. The lowest BCUT2D eigenvalue weighted by Gasteiger charge is -2.13. The lowest BCUT2D eigenvalue weighted by molar-refractivity contribution is 0.217. The Balaban J connectivity index is 1.88. The minimum atomic E-state index is 0.272. The van der Waals surface area contributed by atoms with Crippen LogP contribution in [-0.4, -0.2) is 6.10 Å². The predicted octanol–water partition coefficient (Wildman–Crippen LogP) is 4.48. The molecule has 0 aliphatic rings. The van der Waals surface area contributed by atoms with E-state index < -0.39 is 0 Å². The zero-order valence-electron chi connectivity index (χ0n) is 11.6. The molecule has 0 heterocycles. The second-order valence-electron chi connectivity index (χ2n) is 4.70. The number of para-hydroxylation sites is 1. The molecule has 0 bridgehead atoms. The lowest BCUT2D eigenvalue weighted by atomic mass is 10.2. The fourth-order valence-electron chi connectivity index (χ4n) is 1.76. The fourth-order valence-corrected chi connectivity index (χ4v) is 1.76. The molecule has 0 saturated heterocycles. The van der Waals surface area contributed by atoms with Crippen LogP contribution in [0.4, 0.5) is 5.69 Å². The van der Waals surface area contributed by atoms with Gasteiger partial charge < -0.3 is 10.1 Å². The van der Waals surface area contributed by atoms with Crippen LogP contribution in [0.5, 0.6) is 5.75 Å². The van der Waals surface area contributed by atoms with Crippen LogP contribution < -0.4 is 10.1 Å². The summed E-state index contributed by atoms with van der Waals surface area (Å²) in [6.07, 6.45) is 1.30. The van der Waals surface area contributed by atoms with E-state index in [0.717, 1.165) is 24.4 Å². The molecule has 0 fully saturated rings. The van der Waals surface area contributed by atoms with Crippen molar-refractivity contribution >= 4 is 5.69 Å². The molecule has 1 unspecified atom stereocenters. The van der Waals surface area contributed by atoms with E-state index >= 15 is 0 Å². The van der Waals surface area contributed by atoms with Crippen molar-refractivity contribution in [3.63, 3.8) is 0 Å². The Morgan fingerprint density at radius 1 is 1.00 bits per heavy atom. The Hall–Kier alpha value is -1.96. The van der Waals surface area contributed by atoms with Gasteiger partial charge in [0.2, 0.25) is 0 Å². The Morgan fingerprint density at radius 3 is 2.32 bits per heavy atom. The quantitative estimate of drug-likeness (QED) is 0.822. The summed E-state index contributed by atoms with van der Waals surface area (Å²) in [5, 5.41) is 3.39. The summed E-state index contributed by atoms with van der Waals surface area (Å²) in [5.74, 6) is 0.942. The van der Waals surface area contributed by atoms with Gasteiger partial charge in [-0.05, 0) is 43.2 Å². The molecule has 0 aliphatic heterocycles. The second kappa shape index (κ2) is 6.83. The average molecular weight is 255 g/mol. The van der Waals surface area contributed by atoms with Gasteiger partial charge in [0, 0.05) is 12.2 Å². The van der Waals surface area contributed by atoms with Crippen LogP contribution in [0.2, 0.25) is 0 Å². The van der Waals surface area contributed by atoms with Crippen LogP contribution in [0.25, 0.3) is 0 Å². The maximum Gasteiger partial charge on any atom is 0.119 e. The second-order valence-corrected chi connectivity index (χ2v) is 4.70. The van der Waals surface area contributed by atoms with Crippen molar-refractivity contribution in [2.45, 2.75) is 32.9 Å². The predicted molar refractivity (Wildman–Crippen MR) is 80.6 cm³/mol. The van der Waals surface area contributed by atoms with Gasteiger partial charge in [-0.15, -0.1) is 0 Å². The smallest absolute Gasteiger partial charge is 0.119 e. The number of rotatable bonds is 6. The molecule has 2 rings (SSSR count). The SMILES string of the molecule is CCC(C)Oc1ccc(CNc2ccccc2)cc1. The number of hydrogen-bond acceptors (Lipinski definition) is 2. The molecule has 100 valence electrons. The van der Waals surface area contributed by atoms with E-state index in [9.17, 15) is 0 Å². The molecular formula is C17H21NO. The molecule has 2 nitrogen and oxygen atoms in total. The molecule has 2 heteroatoms. The maximum absolute atomic E-state index is 5.76. The first-order chi connectivity index (χ1) is 9.28. The van der Waals surface area contributed by atoms with Gasteiger partial charge in [-0.2, -0.15) is 0 Å². The Kier molecular flexibility index (Phi) is 4.85. The molecule has 1 N–H and O–H groups in total. The van der Waals surface area contributed by atoms with Crippen molar-refractivity contribution in [1.29, 1.82) is 0 Å². The van der Waals surface area contributed by atoms with E-state index in [-0.39, 0.29) is 6.10 Å². The van der Waals surface area contributed by atoms with Crippen molar-refractivity contribution in [3.8, 4) is 5.75 Å². The molecule has 0 radical (unpaired) electrons. The van der Waals surface area contributed by atoms with E-state index in [4.69, 9.17) is 4.74 Å². The number of ether oxygens (including phenoxy) is 1. The van der Waals surface area contributed by atoms with Crippen molar-refractivity contribution in [3.05, 3.63) is 60.2 Å². The Bertz CT molecular complexity index is 478. The van der Waals surface area contributed by atoms with Crippen LogP contribution in [0.3, 0.4) is 0 Å². The van der Waals surface area contributed by atoms with Gasteiger partial charge in [0.1, 0.15) is 5.75 Å². The third-order valence-corrected chi connectivity index (χ3v) is 3.11. The van der Waals surface area contributed by atoms with Crippen LogP contribution in [0.1, 0.15) is 25.8 Å². The number of benzene rings is 2. The summed E-state index contributed by atoms with van der Waals surface area (Å²) in [6, 6.07) is 18.5. The van der Waals surface area contributed by atoms with E-state index in [0.29, 0.717) is 0 Å². The van der Waals surface area contributed by atoms with E-state index in [2.05, 4.69) is 43.4 Å². The summed E-state index contributed by atoms with van der Waals surface area (Å²) in [5.41, 5.74) is 2.39. The number of hydrogen-bond donors (Lipinski definition) is 1. The first-order valence-corrected chi connectivity index (χ1v) is 6.82. The summed E-state index contributed by atoms with van der Waals surface area (Å²) >= 11 is 0. The average Bonchev–Trinajstić information content (AvgIpc) is 2.47. The third kappa shape index (κ3) is 4.32. The summed E-state index contributed by atoms with van der Waals surface area (Å²) in [6.45, 7) is 5.04. The van der Waals surface area contributed by atoms with Crippen molar-refractivity contribution in [2.75, 3.05) is 5.32 Å². The lowest BCUT2D eigenvalue weighted by Crippen LogP contribution is -2.09. The van der Waals surface area contributed by atoms with E-state index in [1.807, 2.05) is 30.3 Å². The van der Waals surface area contributed by atoms with Crippen molar-refractivity contribution in [1.82, 2.24) is 0 Å². The maximum atomic E-state index is 5.76. The van der Waals surface area contributed by atoms with Crippen LogP contribution in [0.15, 0.2) is 54.6 Å². The highest BCUT2D eigenvalue weighted by Gasteiger charge is 2.01. The Morgan fingerprint density at radius 2 is 1.68 bits per heavy atom. The molecule has 2 aromatic carbocycles. The highest BCUT2D eigenvalue weighted by molar-refractivity contribution is 5.43. The van der Waals surface area contributed by atoms with Gasteiger partial charge in [0.15, 0.2) is 0 Å². The summed E-state index contributed by atoms with van der Waals surface area (Å²) in [4.78, 5) is 0. The van der Waals surface area contributed by atoms with Crippen molar-refractivity contribution < 1.29 is 4.74 Å². The van der Waals surface area contributed by atoms with E-state index in [1.165, 1.54) is 5.56 Å². The standard InChI is InChI=1S/C17H21NO/c1-3-14(2)19-17-11-9-15(10-12-17)13-18-16-7-5-4-6-8-16/h4-12,14,18H,3,13H2,1-2H3. The summed E-state index contributed by atoms with van der Waals surface area (Å²) < 4.78 is 5.76. The molecular weight excluding hydrogens is 234 g/mol. The van der Waals surface area contributed by atoms with Gasteiger partial charge in [0.25, 0.3) is 0 Å².